The fourth-order valence-electron chi connectivity index (χ4n) is 5.88. The van der Waals surface area contributed by atoms with Crippen molar-refractivity contribution in [2.24, 2.45) is 11.3 Å². The van der Waals surface area contributed by atoms with E-state index in [0.717, 1.165) is 56.2 Å². The number of nitrogens with one attached hydrogen (secondary N) is 3. The van der Waals surface area contributed by atoms with Crippen molar-refractivity contribution in [3.63, 3.8) is 0 Å². The molecule has 3 N–H and O–H groups in total. The van der Waals surface area contributed by atoms with Gasteiger partial charge in [0.15, 0.2) is 0 Å². The van der Waals surface area contributed by atoms with Crippen LogP contribution in [-0.2, 0) is 11.3 Å². The van der Waals surface area contributed by atoms with Crippen LogP contribution in [0.4, 0.5) is 0 Å². The number of carbonyl (C=O) groups excluding carboxylic acids is 2. The molecule has 1 spiro atoms. The fraction of sp³-hybridized carbons (Fsp3) is 0.500. The number of likely N-dealkylation sites (tertiary alicyclic amines) is 2. The summed E-state index contributed by atoms with van der Waals surface area (Å²) >= 11 is 1.16. The molecule has 1 aliphatic carbocycles. The van der Waals surface area contributed by atoms with E-state index in [9.17, 15) is 9.59 Å². The smallest absolute Gasteiger partial charge is 0.251 e. The average Bonchev–Trinajstić information content (AvgIpc) is 3.29. The molecule has 0 unspecified atom stereocenters. The van der Waals surface area contributed by atoms with Crippen molar-refractivity contribution in [1.82, 2.24) is 15.1 Å². The van der Waals surface area contributed by atoms with E-state index in [0.29, 0.717) is 57.1 Å². The van der Waals surface area contributed by atoms with Crippen molar-refractivity contribution in [3.05, 3.63) is 59.2 Å². The first kappa shape index (κ1) is 29.3. The van der Waals surface area contributed by atoms with Crippen LogP contribution in [-0.4, -0.2) is 63.4 Å². The third-order valence-electron chi connectivity index (χ3n) is 8.44. The largest absolute Gasteiger partial charge is 0.457 e. The molecule has 0 bridgehead atoms. The van der Waals surface area contributed by atoms with E-state index >= 15 is 0 Å². The Morgan fingerprint density at radius 1 is 1.07 bits per heavy atom. The Balaban J connectivity index is 1.27. The van der Waals surface area contributed by atoms with Crippen molar-refractivity contribution in [2.45, 2.75) is 72.0 Å². The number of hydrogen-bond acceptors (Lipinski definition) is 7. The molecule has 41 heavy (non-hydrogen) atoms. The molecule has 2 aliphatic heterocycles. The highest BCUT2D eigenvalue weighted by molar-refractivity contribution is 8.26. The van der Waals surface area contributed by atoms with Crippen LogP contribution in [0.5, 0.6) is 11.5 Å². The van der Waals surface area contributed by atoms with Crippen molar-refractivity contribution < 1.29 is 14.3 Å². The van der Waals surface area contributed by atoms with Crippen LogP contribution in [0.2, 0.25) is 0 Å². The number of rotatable bonds is 9. The summed E-state index contributed by atoms with van der Waals surface area (Å²) in [5.74, 6) is 1.24. The summed E-state index contributed by atoms with van der Waals surface area (Å²) in [5.41, 5.74) is 2.47. The molecule has 0 radical (unpaired) electrons. The van der Waals surface area contributed by atoms with Crippen LogP contribution in [0, 0.1) is 22.2 Å². The minimum absolute atomic E-state index is 0.0761. The molecular formula is C32H41N5O3S. The maximum Gasteiger partial charge on any atom is 0.251 e. The van der Waals surface area contributed by atoms with Gasteiger partial charge in [-0.25, -0.2) is 0 Å². The van der Waals surface area contributed by atoms with Crippen LogP contribution in [0.25, 0.3) is 0 Å². The predicted octanol–water partition coefficient (Wildman–Crippen LogP) is 5.90. The highest BCUT2D eigenvalue weighted by atomic mass is 32.2. The Labute approximate surface area is 247 Å². The van der Waals surface area contributed by atoms with E-state index in [1.807, 2.05) is 43.0 Å². The molecule has 8 nitrogen and oxygen atoms in total. The zero-order chi connectivity index (χ0) is 29.3. The molecule has 0 aromatic heterocycles. The molecule has 2 saturated heterocycles. The van der Waals surface area contributed by atoms with E-state index in [4.69, 9.17) is 15.6 Å². The molecule has 218 valence electrons. The molecule has 2 heterocycles. The summed E-state index contributed by atoms with van der Waals surface area (Å²) in [4.78, 5) is 29.9. The lowest BCUT2D eigenvalue weighted by Crippen LogP contribution is -2.67. The Hall–Kier alpha value is -3.17. The first-order valence-electron chi connectivity index (χ1n) is 14.6. The number of thioether (sulfide) groups is 1. The van der Waals surface area contributed by atoms with Gasteiger partial charge in [-0.05, 0) is 74.9 Å². The Bertz CT molecular complexity index is 1330. The number of benzene rings is 2. The lowest BCUT2D eigenvalue weighted by atomic mass is 9.60. The number of hydrogen-bond donors (Lipinski definition) is 3. The molecule has 0 atom stereocenters. The lowest BCUT2D eigenvalue weighted by molar-refractivity contribution is -0.128. The molecule has 3 aliphatic rings. The topological polar surface area (TPSA) is 110 Å². The van der Waals surface area contributed by atoms with Crippen molar-refractivity contribution in [1.29, 1.82) is 10.8 Å². The van der Waals surface area contributed by atoms with Crippen LogP contribution in [0.15, 0.2) is 42.5 Å². The van der Waals surface area contributed by atoms with Crippen LogP contribution in [0.3, 0.4) is 0 Å². The van der Waals surface area contributed by atoms with Gasteiger partial charge >= 0.3 is 0 Å². The second-order valence-electron chi connectivity index (χ2n) is 12.4. The minimum Gasteiger partial charge on any atom is -0.457 e. The third-order valence-corrected chi connectivity index (χ3v) is 9.58. The second kappa shape index (κ2) is 12.0. The Morgan fingerprint density at radius 3 is 2.37 bits per heavy atom. The molecule has 9 heteroatoms. The van der Waals surface area contributed by atoms with Crippen LogP contribution in [0.1, 0.15) is 74.9 Å². The molecule has 1 saturated carbocycles. The first-order valence-corrected chi connectivity index (χ1v) is 15.4. The van der Waals surface area contributed by atoms with E-state index in [-0.39, 0.29) is 23.8 Å². The van der Waals surface area contributed by atoms with Gasteiger partial charge in [-0.15, -0.1) is 0 Å². The molecule has 2 aromatic carbocycles. The zero-order valence-corrected chi connectivity index (χ0v) is 25.3. The highest BCUT2D eigenvalue weighted by Crippen LogP contribution is 2.49. The van der Waals surface area contributed by atoms with Crippen molar-refractivity contribution >= 4 is 33.7 Å². The van der Waals surface area contributed by atoms with Crippen molar-refractivity contribution in [3.8, 4) is 11.5 Å². The summed E-state index contributed by atoms with van der Waals surface area (Å²) in [7, 11) is 0. The standard InChI is InChI=1S/C32H41N5O3S/c1-20(2)29(33)41-30(34)22-9-11-26(12-10-22)40-27-14-23(7-8-24(27)17-36-13-5-6-28(36)38)31(39)35-25-15-32(16-25)18-37(19-32)21(3)4/h7-12,14,20-21,25,33-34H,5-6,13,15-19H2,1-4H3,(H,35,39). The van der Waals surface area contributed by atoms with Crippen LogP contribution >= 0.6 is 11.8 Å². The van der Waals surface area contributed by atoms with Gasteiger partial charge in [-0.3, -0.25) is 25.3 Å². The Kier molecular flexibility index (Phi) is 8.57. The van der Waals surface area contributed by atoms with E-state index in [1.54, 1.807) is 18.2 Å². The number of ether oxygens (including phenoxy) is 1. The van der Waals surface area contributed by atoms with Gasteiger partial charge in [0.2, 0.25) is 5.91 Å². The zero-order valence-electron chi connectivity index (χ0n) is 24.5. The van der Waals surface area contributed by atoms with Gasteiger partial charge in [0, 0.05) is 67.3 Å². The van der Waals surface area contributed by atoms with Crippen molar-refractivity contribution in [2.75, 3.05) is 19.6 Å². The van der Waals surface area contributed by atoms with Crippen LogP contribution < -0.4 is 10.1 Å². The molecule has 2 aromatic rings. The van der Waals surface area contributed by atoms with Gasteiger partial charge in [-0.1, -0.05) is 31.7 Å². The van der Waals surface area contributed by atoms with Gasteiger partial charge < -0.3 is 15.0 Å². The SMILES string of the molecule is CC(C)C(=N)SC(=N)c1ccc(Oc2cc(C(=O)NC3CC4(C3)CN(C(C)C)C4)ccc2CN2CCCC2=O)cc1. The van der Waals surface area contributed by atoms with E-state index in [1.165, 1.54) is 0 Å². The fourth-order valence-corrected chi connectivity index (χ4v) is 6.59. The summed E-state index contributed by atoms with van der Waals surface area (Å²) in [5, 5.41) is 20.4. The number of amides is 2. The highest BCUT2D eigenvalue weighted by Gasteiger charge is 2.52. The van der Waals surface area contributed by atoms with E-state index in [2.05, 4.69) is 24.1 Å². The summed E-state index contributed by atoms with van der Waals surface area (Å²) in [6.07, 6.45) is 3.47. The van der Waals surface area contributed by atoms with Gasteiger partial charge in [0.1, 0.15) is 16.5 Å². The summed E-state index contributed by atoms with van der Waals surface area (Å²) in [6, 6.07) is 13.5. The third kappa shape index (κ3) is 6.67. The maximum absolute atomic E-state index is 13.2. The lowest BCUT2D eigenvalue weighted by Gasteiger charge is -2.60. The molecule has 5 rings (SSSR count). The maximum atomic E-state index is 13.2. The first-order chi connectivity index (χ1) is 19.5. The normalized spacial score (nSPS) is 18.5. The molecular weight excluding hydrogens is 534 g/mol. The number of carbonyl (C=O) groups is 2. The molecule has 2 amide bonds. The summed E-state index contributed by atoms with van der Waals surface area (Å²) in [6.45, 7) is 11.7. The average molecular weight is 576 g/mol. The number of nitrogens with zero attached hydrogens (tertiary/aromatic N) is 2. The van der Waals surface area contributed by atoms with Gasteiger partial charge in [0.05, 0.1) is 5.04 Å². The Morgan fingerprint density at radius 2 is 1.76 bits per heavy atom. The van der Waals surface area contributed by atoms with Gasteiger partial charge in [-0.2, -0.15) is 0 Å². The van der Waals surface area contributed by atoms with Gasteiger partial charge in [0.25, 0.3) is 5.91 Å². The summed E-state index contributed by atoms with van der Waals surface area (Å²) < 4.78 is 6.30. The minimum atomic E-state index is -0.105. The quantitative estimate of drug-likeness (QED) is 0.255. The predicted molar refractivity (Wildman–Crippen MR) is 164 cm³/mol. The second-order valence-corrected chi connectivity index (χ2v) is 13.4. The molecule has 3 fully saturated rings. The van der Waals surface area contributed by atoms with E-state index < -0.39 is 0 Å². The monoisotopic (exact) mass is 575 g/mol.